The third-order valence-electron chi connectivity index (χ3n) is 9.47. The minimum absolute atomic E-state index is 0. The quantitative estimate of drug-likeness (QED) is 0.0253. The van der Waals surface area contributed by atoms with Gasteiger partial charge in [0.15, 0.2) is 40.8 Å². The Labute approximate surface area is 572 Å². The third-order valence-corrected chi connectivity index (χ3v) is 10.0. The average molecular weight is 1320 g/mol. The molecular formula is C51H41BrN18O10Rb2. The first-order valence-corrected chi connectivity index (χ1v) is 23.2. The van der Waals surface area contributed by atoms with Crippen molar-refractivity contribution in [1.82, 2.24) is 24.9 Å². The number of halogens is 1. The summed E-state index contributed by atoms with van der Waals surface area (Å²) in [5, 5.41) is 61.7. The summed E-state index contributed by atoms with van der Waals surface area (Å²) in [6.07, 6.45) is 3.15. The Bertz CT molecular complexity index is 3760. The first-order valence-electron chi connectivity index (χ1n) is 22.4. The Morgan fingerprint density at radius 1 is 0.512 bits per heavy atom. The summed E-state index contributed by atoms with van der Waals surface area (Å²) in [7, 11) is 0. The summed E-state index contributed by atoms with van der Waals surface area (Å²) in [5.41, 5.74) is 16.4. The van der Waals surface area contributed by atoms with Crippen LogP contribution < -0.4 is 160 Å². The molecular weight excluding hydrogens is 1280 g/mol. The van der Waals surface area contributed by atoms with E-state index in [0.717, 1.165) is 11.4 Å². The summed E-state index contributed by atoms with van der Waals surface area (Å²) in [5.74, 6) is 2.48. The number of rotatable bonds is 14. The molecule has 0 atom stereocenters. The fourth-order valence-corrected chi connectivity index (χ4v) is 6.47. The fourth-order valence-electron chi connectivity index (χ4n) is 6.06. The van der Waals surface area contributed by atoms with Crippen LogP contribution in [0, 0.1) is 90.1 Å². The standard InChI is InChI=1S/C12H11N4O3.C12H9N4O2.C11H8N4O3.C11H10N4O.C5H3BrN2O.2Rb/c1-7-15-10(11(13)18)12(19-7)16-9-4-2-8(3-5-9)14-6-17;1-8-15-11(6-13)12(18-8)16-10-4-2-9(3-5-10)14-7-17;1-7-13-10(6-12)11(18-7)14-8-2-4-9(5-3-8)15(16)17;1-7-14-10(6-12)11(16-7)15-9-4-2-8(13)3-5-9;1-3-8-4(2-7)5(6)9-3;;/h2-5,16H,1H3,(H2,13,18)(H,14,17);2-5,16H,1H3,(H,14,17);2-5,14H,1H3;2-5,15H,13H2,1H3;1H3;;/q2*-1;;;;2*+1. The van der Waals surface area contributed by atoms with E-state index in [2.05, 4.69) is 72.8 Å². The first kappa shape index (κ1) is 68.1. The van der Waals surface area contributed by atoms with Crippen molar-refractivity contribution >= 4 is 104 Å². The van der Waals surface area contributed by atoms with Gasteiger partial charge in [0.05, 0.1) is 17.7 Å². The maximum atomic E-state index is 11.2. The number of amides is 3. The van der Waals surface area contributed by atoms with Gasteiger partial charge >= 0.3 is 116 Å². The number of nitrogens with one attached hydrogen (secondary N) is 6. The summed E-state index contributed by atoms with van der Waals surface area (Å²) < 4.78 is 26.3. The van der Waals surface area contributed by atoms with Gasteiger partial charge in [0.1, 0.15) is 24.3 Å². The van der Waals surface area contributed by atoms with Crippen LogP contribution in [0.3, 0.4) is 0 Å². The smallest absolute Gasteiger partial charge is 0.490 e. The molecule has 10 N–H and O–H groups in total. The van der Waals surface area contributed by atoms with Crippen LogP contribution in [0.4, 0.5) is 69.0 Å². The zero-order valence-electron chi connectivity index (χ0n) is 44.3. The predicted octanol–water partition coefficient (Wildman–Crippen LogP) is 3.69. The Morgan fingerprint density at radius 2 is 0.805 bits per heavy atom. The van der Waals surface area contributed by atoms with Crippen LogP contribution in [0.1, 0.15) is 62.7 Å². The minimum Gasteiger partial charge on any atom is -0.490 e. The largest absolute Gasteiger partial charge is 1.00 e. The molecule has 0 bridgehead atoms. The van der Waals surface area contributed by atoms with Gasteiger partial charge in [0.25, 0.3) is 11.6 Å². The zero-order chi connectivity index (χ0) is 58.3. The van der Waals surface area contributed by atoms with E-state index in [1.807, 2.05) is 24.3 Å². The molecule has 9 rings (SSSR count). The van der Waals surface area contributed by atoms with Crippen molar-refractivity contribution in [3.05, 3.63) is 170 Å². The number of aromatic nitrogens is 5. The Balaban J connectivity index is 0.000000271. The molecule has 0 fully saturated rings. The van der Waals surface area contributed by atoms with Gasteiger partial charge in [-0.25, -0.2) is 24.9 Å². The van der Waals surface area contributed by atoms with Crippen molar-refractivity contribution in [2.45, 2.75) is 34.6 Å². The number of anilines is 11. The van der Waals surface area contributed by atoms with E-state index in [-0.39, 0.29) is 157 Å². The minimum atomic E-state index is -0.673. The number of oxazole rings is 5. The maximum Gasteiger partial charge on any atom is 1.00 e. The van der Waals surface area contributed by atoms with Crippen LogP contribution in [-0.4, -0.2) is 48.6 Å². The summed E-state index contributed by atoms with van der Waals surface area (Å²) in [4.78, 5) is 60.8. The van der Waals surface area contributed by atoms with Gasteiger partial charge in [-0.05, 0) is 52.3 Å². The van der Waals surface area contributed by atoms with E-state index in [9.17, 15) is 24.5 Å². The molecule has 0 saturated carbocycles. The number of nitro benzene ring substituents is 1. The van der Waals surface area contributed by atoms with E-state index in [0.29, 0.717) is 80.0 Å². The summed E-state index contributed by atoms with van der Waals surface area (Å²) in [6, 6.07) is 34.1. The fraction of sp³-hybridized carbons (Fsp3) is 0.0980. The monoisotopic (exact) mass is 1310 g/mol. The van der Waals surface area contributed by atoms with Gasteiger partial charge in [-0.15, -0.1) is 35.6 Å². The number of nitrogens with zero attached hydrogens (tertiary/aromatic N) is 10. The van der Waals surface area contributed by atoms with E-state index in [1.54, 1.807) is 120 Å². The second-order valence-electron chi connectivity index (χ2n) is 15.3. The van der Waals surface area contributed by atoms with Gasteiger partial charge < -0.3 is 75.0 Å². The molecule has 0 unspecified atom stereocenters. The number of carbonyl (C=O) groups excluding carboxylic acids is 3. The molecule has 3 amide bonds. The van der Waals surface area contributed by atoms with Gasteiger partial charge in [0, 0.05) is 75.2 Å². The van der Waals surface area contributed by atoms with Gasteiger partial charge in [-0.2, -0.15) is 21.0 Å². The topological polar surface area (TPSA) is 444 Å². The number of nitrogens with two attached hydrogens (primary N) is 2. The Hall–Kier alpha value is -8.21. The predicted molar refractivity (Wildman–Crippen MR) is 290 cm³/mol. The van der Waals surface area contributed by atoms with Crippen molar-refractivity contribution in [3.8, 4) is 24.3 Å². The second-order valence-corrected chi connectivity index (χ2v) is 16.1. The van der Waals surface area contributed by atoms with Crippen LogP contribution in [-0.2, 0) is 9.59 Å². The zero-order valence-corrected chi connectivity index (χ0v) is 55.7. The van der Waals surface area contributed by atoms with E-state index in [1.165, 1.54) is 24.3 Å². The Morgan fingerprint density at radius 3 is 1.11 bits per heavy atom. The molecule has 404 valence electrons. The van der Waals surface area contributed by atoms with Crippen molar-refractivity contribution in [2.24, 2.45) is 5.73 Å². The number of aryl methyl sites for hydroxylation is 5. The van der Waals surface area contributed by atoms with E-state index in [4.69, 9.17) is 54.6 Å². The number of primary amides is 1. The first-order chi connectivity index (χ1) is 38.3. The second kappa shape index (κ2) is 34.2. The molecule has 5 aromatic heterocycles. The molecule has 31 heteroatoms. The van der Waals surface area contributed by atoms with Gasteiger partial charge in [-0.1, -0.05) is 24.3 Å². The molecule has 4 aromatic carbocycles. The van der Waals surface area contributed by atoms with Gasteiger partial charge in [0.2, 0.25) is 45.3 Å². The number of hydrogen-bond donors (Lipinski definition) is 8. The molecule has 9 aromatic rings. The van der Waals surface area contributed by atoms with Gasteiger partial charge in [-0.3, -0.25) is 14.9 Å². The van der Waals surface area contributed by atoms with Crippen LogP contribution in [0.15, 0.2) is 124 Å². The normalized spacial score (nSPS) is 9.44. The molecule has 0 aliphatic heterocycles. The number of nitrogen functional groups attached to an aromatic ring is 1. The molecule has 28 nitrogen and oxygen atoms in total. The van der Waals surface area contributed by atoms with Crippen molar-refractivity contribution < 1.29 is 158 Å². The molecule has 0 aliphatic carbocycles. The van der Waals surface area contributed by atoms with Crippen molar-refractivity contribution in [1.29, 1.82) is 21.0 Å². The summed E-state index contributed by atoms with van der Waals surface area (Å²) >= 11 is 3.03. The number of nitriles is 4. The van der Waals surface area contributed by atoms with E-state index >= 15 is 0 Å². The van der Waals surface area contributed by atoms with Crippen LogP contribution in [0.25, 0.3) is 0 Å². The van der Waals surface area contributed by atoms with E-state index < -0.39 is 10.8 Å². The number of non-ortho nitro benzene ring substituents is 1. The van der Waals surface area contributed by atoms with Crippen LogP contribution in [0.5, 0.6) is 0 Å². The number of benzene rings is 4. The van der Waals surface area contributed by atoms with Crippen LogP contribution in [0.2, 0.25) is 0 Å². The number of carbonyl (C=O) groups is 1. The molecule has 0 aliphatic rings. The summed E-state index contributed by atoms with van der Waals surface area (Å²) in [6.45, 7) is 8.28. The number of nitro groups is 1. The van der Waals surface area contributed by atoms with Crippen LogP contribution >= 0.6 is 15.9 Å². The molecule has 0 spiro atoms. The number of hydrogen-bond acceptors (Lipinski definition) is 24. The molecule has 5 heterocycles. The van der Waals surface area contributed by atoms with Crippen molar-refractivity contribution in [2.75, 3.05) is 37.6 Å². The molecule has 82 heavy (non-hydrogen) atoms. The average Bonchev–Trinajstić information content (AvgIpc) is 4.31. The molecule has 0 radical (unpaired) electrons. The third kappa shape index (κ3) is 21.4. The molecule has 0 saturated heterocycles. The maximum absolute atomic E-state index is 11.2. The SMILES string of the molecule is Cc1nc(C#N)c(Br)o1.Cc1nc(C#N)c(Nc2ccc(N)cc2)o1.Cc1nc(C#N)c(Nc2ccc(N[C-]=O)cc2)o1.Cc1nc(C#N)c(Nc2ccc([N+](=O)[O-])cc2)o1.Cc1nc(C(N)=O)c(Nc2ccc(N[C-]=O)cc2)o1.[Rb+].[Rb+]. The van der Waals surface area contributed by atoms with Crippen molar-refractivity contribution in [3.63, 3.8) is 0 Å². The Kier molecular flexibility index (Phi) is 28.4.